The van der Waals surface area contributed by atoms with Crippen molar-refractivity contribution in [2.45, 2.75) is 32.0 Å². The highest BCUT2D eigenvalue weighted by atomic mass is 32.2. The summed E-state index contributed by atoms with van der Waals surface area (Å²) >= 11 is 1.29. The van der Waals surface area contributed by atoms with Gasteiger partial charge >= 0.3 is 0 Å². The summed E-state index contributed by atoms with van der Waals surface area (Å²) in [4.78, 5) is 21.0. The molecule has 1 aromatic carbocycles. The minimum atomic E-state index is -0.145. The Kier molecular flexibility index (Phi) is 4.61. The van der Waals surface area contributed by atoms with Crippen molar-refractivity contribution in [3.05, 3.63) is 41.2 Å². The summed E-state index contributed by atoms with van der Waals surface area (Å²) in [5.41, 5.74) is 2.80. The first-order valence-corrected chi connectivity index (χ1v) is 9.51. The van der Waals surface area contributed by atoms with Gasteiger partial charge in [0.1, 0.15) is 0 Å². The molecule has 0 radical (unpaired) electrons. The zero-order valence-electron chi connectivity index (χ0n) is 15.2. The van der Waals surface area contributed by atoms with Crippen LogP contribution in [0.3, 0.4) is 0 Å². The third-order valence-electron chi connectivity index (χ3n) is 4.21. The lowest BCUT2D eigenvalue weighted by Crippen LogP contribution is -2.28. The Hall–Kier alpha value is -2.81. The first kappa shape index (κ1) is 17.6. The molecular weight excluding hydrogens is 366 g/mol. The molecule has 140 valence electrons. The standard InChI is InChI=1S/C18H19N5O3S/c1-10-6-11(2)23-17(19-10)21-18(22-23)27-8-16(24)20-12(3)13-4-5-14-15(7-13)26-9-25-14/h4-7,12H,8-9H2,1-3H3,(H,20,24)/t12-/m1/s1. The number of aromatic nitrogens is 4. The van der Waals surface area contributed by atoms with E-state index in [1.54, 1.807) is 4.52 Å². The molecule has 27 heavy (non-hydrogen) atoms. The minimum absolute atomic E-state index is 0.0927. The van der Waals surface area contributed by atoms with E-state index in [4.69, 9.17) is 9.47 Å². The van der Waals surface area contributed by atoms with Crippen LogP contribution in [0.1, 0.15) is 29.9 Å². The molecule has 8 nitrogen and oxygen atoms in total. The topological polar surface area (TPSA) is 90.6 Å². The van der Waals surface area contributed by atoms with E-state index in [-0.39, 0.29) is 24.5 Å². The number of fused-ring (bicyclic) bond motifs is 2. The van der Waals surface area contributed by atoms with Crippen molar-refractivity contribution in [2.24, 2.45) is 0 Å². The monoisotopic (exact) mass is 385 g/mol. The first-order chi connectivity index (χ1) is 13.0. The van der Waals surface area contributed by atoms with Gasteiger partial charge in [-0.1, -0.05) is 17.8 Å². The molecule has 3 aromatic rings. The molecule has 9 heteroatoms. The summed E-state index contributed by atoms with van der Waals surface area (Å²) in [6.07, 6.45) is 0. The van der Waals surface area contributed by atoms with E-state index in [0.717, 1.165) is 22.7 Å². The number of carbonyl (C=O) groups is 1. The van der Waals surface area contributed by atoms with Crippen LogP contribution in [-0.4, -0.2) is 38.0 Å². The van der Waals surface area contributed by atoms with Crippen molar-refractivity contribution in [2.75, 3.05) is 12.5 Å². The zero-order chi connectivity index (χ0) is 19.0. The second-order valence-electron chi connectivity index (χ2n) is 6.34. The van der Waals surface area contributed by atoms with Gasteiger partial charge in [0.25, 0.3) is 5.78 Å². The van der Waals surface area contributed by atoms with Gasteiger partial charge in [-0.3, -0.25) is 4.79 Å². The number of thioether (sulfide) groups is 1. The molecule has 1 aliphatic rings. The molecule has 1 atom stereocenters. The number of nitrogens with one attached hydrogen (secondary N) is 1. The Morgan fingerprint density at radius 2 is 2.07 bits per heavy atom. The smallest absolute Gasteiger partial charge is 0.253 e. The number of aryl methyl sites for hydroxylation is 2. The molecular formula is C18H19N5O3S. The van der Waals surface area contributed by atoms with Gasteiger partial charge in [-0.25, -0.2) is 9.50 Å². The summed E-state index contributed by atoms with van der Waals surface area (Å²) in [6, 6.07) is 7.46. The van der Waals surface area contributed by atoms with Gasteiger partial charge in [-0.2, -0.15) is 4.98 Å². The van der Waals surface area contributed by atoms with Crippen LogP contribution < -0.4 is 14.8 Å². The van der Waals surface area contributed by atoms with Crippen LogP contribution in [0, 0.1) is 13.8 Å². The number of benzene rings is 1. The number of ether oxygens (including phenoxy) is 2. The maximum atomic E-state index is 12.3. The molecule has 0 bridgehead atoms. The van der Waals surface area contributed by atoms with Crippen molar-refractivity contribution in [3.8, 4) is 11.5 Å². The number of amides is 1. The molecule has 0 saturated heterocycles. The lowest BCUT2D eigenvalue weighted by molar-refractivity contribution is -0.119. The van der Waals surface area contributed by atoms with Crippen LogP contribution in [-0.2, 0) is 4.79 Å². The third-order valence-corrected chi connectivity index (χ3v) is 5.04. The lowest BCUT2D eigenvalue weighted by atomic mass is 10.1. The molecule has 2 aromatic heterocycles. The first-order valence-electron chi connectivity index (χ1n) is 8.52. The maximum absolute atomic E-state index is 12.3. The molecule has 1 amide bonds. The van der Waals surface area contributed by atoms with Crippen molar-refractivity contribution < 1.29 is 14.3 Å². The summed E-state index contributed by atoms with van der Waals surface area (Å²) < 4.78 is 12.4. The Morgan fingerprint density at radius 3 is 2.93 bits per heavy atom. The average molecular weight is 385 g/mol. The molecule has 0 saturated carbocycles. The Bertz CT molecular complexity index is 1020. The van der Waals surface area contributed by atoms with Crippen LogP contribution in [0.4, 0.5) is 0 Å². The highest BCUT2D eigenvalue weighted by molar-refractivity contribution is 7.99. The number of hydrogen-bond donors (Lipinski definition) is 1. The Balaban J connectivity index is 1.37. The second kappa shape index (κ2) is 7.07. The summed E-state index contributed by atoms with van der Waals surface area (Å²) in [5.74, 6) is 2.11. The Morgan fingerprint density at radius 1 is 1.26 bits per heavy atom. The van der Waals surface area contributed by atoms with Crippen LogP contribution in [0.25, 0.3) is 5.78 Å². The highest BCUT2D eigenvalue weighted by Crippen LogP contribution is 2.34. The number of hydrogen-bond acceptors (Lipinski definition) is 7. The number of rotatable bonds is 5. The van der Waals surface area contributed by atoms with Gasteiger partial charge < -0.3 is 14.8 Å². The number of nitrogens with zero attached hydrogens (tertiary/aromatic N) is 4. The van der Waals surface area contributed by atoms with E-state index < -0.39 is 0 Å². The number of carbonyl (C=O) groups excluding carboxylic acids is 1. The molecule has 0 aliphatic carbocycles. The molecule has 3 heterocycles. The van der Waals surface area contributed by atoms with E-state index in [1.165, 1.54) is 11.8 Å². The van der Waals surface area contributed by atoms with E-state index in [9.17, 15) is 4.79 Å². The SMILES string of the molecule is Cc1cc(C)n2nc(SCC(=O)N[C@H](C)c3ccc4c(c3)OCO4)nc2n1. The summed E-state index contributed by atoms with van der Waals surface area (Å²) in [6.45, 7) is 6.03. The third kappa shape index (κ3) is 3.68. The lowest BCUT2D eigenvalue weighted by Gasteiger charge is -2.14. The highest BCUT2D eigenvalue weighted by Gasteiger charge is 2.17. The molecule has 0 unspecified atom stereocenters. The van der Waals surface area contributed by atoms with Crippen LogP contribution in [0.15, 0.2) is 29.4 Å². The normalized spacial score (nSPS) is 13.7. The molecule has 0 fully saturated rings. The predicted octanol–water partition coefficient (Wildman–Crippen LogP) is 2.44. The Labute approximate surface area is 160 Å². The predicted molar refractivity (Wildman–Crippen MR) is 100 cm³/mol. The zero-order valence-corrected chi connectivity index (χ0v) is 16.0. The average Bonchev–Trinajstić information content (AvgIpc) is 3.25. The van der Waals surface area contributed by atoms with Gasteiger partial charge in [0.15, 0.2) is 11.5 Å². The minimum Gasteiger partial charge on any atom is -0.454 e. The van der Waals surface area contributed by atoms with Crippen LogP contribution in [0.2, 0.25) is 0 Å². The quantitative estimate of drug-likeness (QED) is 0.675. The molecule has 0 spiro atoms. The van der Waals surface area contributed by atoms with E-state index >= 15 is 0 Å². The van der Waals surface area contributed by atoms with Crippen molar-refractivity contribution >= 4 is 23.4 Å². The summed E-state index contributed by atoms with van der Waals surface area (Å²) in [7, 11) is 0. The van der Waals surface area contributed by atoms with Gasteiger partial charge in [-0.05, 0) is 44.5 Å². The van der Waals surface area contributed by atoms with E-state index in [1.807, 2.05) is 45.0 Å². The fraction of sp³-hybridized carbons (Fsp3) is 0.333. The van der Waals surface area contributed by atoms with Crippen LogP contribution in [0.5, 0.6) is 11.5 Å². The van der Waals surface area contributed by atoms with Gasteiger partial charge in [0.2, 0.25) is 17.9 Å². The van der Waals surface area contributed by atoms with Gasteiger partial charge in [0.05, 0.1) is 11.8 Å². The summed E-state index contributed by atoms with van der Waals surface area (Å²) in [5, 5.41) is 7.91. The second-order valence-corrected chi connectivity index (χ2v) is 7.28. The fourth-order valence-corrected chi connectivity index (χ4v) is 3.52. The van der Waals surface area contributed by atoms with Gasteiger partial charge in [0, 0.05) is 11.4 Å². The maximum Gasteiger partial charge on any atom is 0.253 e. The van der Waals surface area contributed by atoms with Crippen LogP contribution >= 0.6 is 11.8 Å². The fourth-order valence-electron chi connectivity index (χ4n) is 2.89. The molecule has 1 aliphatic heterocycles. The van der Waals surface area contributed by atoms with Crippen molar-refractivity contribution in [1.82, 2.24) is 24.9 Å². The van der Waals surface area contributed by atoms with Crippen molar-refractivity contribution in [3.63, 3.8) is 0 Å². The van der Waals surface area contributed by atoms with E-state index in [0.29, 0.717) is 16.7 Å². The van der Waals surface area contributed by atoms with Crippen molar-refractivity contribution in [1.29, 1.82) is 0 Å². The van der Waals surface area contributed by atoms with Gasteiger partial charge in [-0.15, -0.1) is 5.10 Å². The largest absolute Gasteiger partial charge is 0.454 e. The van der Waals surface area contributed by atoms with E-state index in [2.05, 4.69) is 20.4 Å². The molecule has 1 N–H and O–H groups in total. The molecule has 4 rings (SSSR count).